The van der Waals surface area contributed by atoms with Crippen LogP contribution in [0.15, 0.2) is 11.5 Å². The molecule has 0 saturated heterocycles. The lowest BCUT2D eigenvalue weighted by Gasteiger charge is -1.93. The molecule has 62 valence electrons. The molecule has 0 fully saturated rings. The van der Waals surface area contributed by atoms with Crippen molar-refractivity contribution >= 4 is 10.1 Å². The quantitative estimate of drug-likeness (QED) is 0.471. The summed E-state index contributed by atoms with van der Waals surface area (Å²) in [7, 11) is -3.49. The number of hydrogen-bond acceptors (Lipinski definition) is 3. The van der Waals surface area contributed by atoms with Gasteiger partial charge in [-0.2, -0.15) is 8.42 Å². The maximum atomic E-state index is 10.7. The topological polar surface area (TPSA) is 43.4 Å². The molecular weight excluding hydrogens is 164 g/mol. The first kappa shape index (κ1) is 10.2. The lowest BCUT2D eigenvalue weighted by atomic mass is 10.6. The Morgan fingerprint density at radius 1 is 1.55 bits per heavy atom. The van der Waals surface area contributed by atoms with Gasteiger partial charge < -0.3 is 0 Å². The molecule has 0 aromatic carbocycles. The van der Waals surface area contributed by atoms with E-state index in [9.17, 15) is 8.42 Å². The molecule has 0 unspecified atom stereocenters. The van der Waals surface area contributed by atoms with Crippen LogP contribution in [0, 0.1) is 11.8 Å². The smallest absolute Gasteiger partial charge is 0.254 e. The van der Waals surface area contributed by atoms with Gasteiger partial charge in [-0.3, -0.25) is 4.18 Å². The third-order valence-electron chi connectivity index (χ3n) is 0.775. The summed E-state index contributed by atoms with van der Waals surface area (Å²) in [4.78, 5) is 0. The molecule has 0 N–H and O–H groups in total. The van der Waals surface area contributed by atoms with Gasteiger partial charge in [0.05, 0.1) is 5.41 Å². The Hall–Kier alpha value is -0.790. The molecule has 0 aliphatic carbocycles. The summed E-state index contributed by atoms with van der Waals surface area (Å²) in [6.07, 6.45) is 1.40. The van der Waals surface area contributed by atoms with Crippen LogP contribution < -0.4 is 0 Å². The summed E-state index contributed by atoms with van der Waals surface area (Å²) in [5.74, 6) is 5.00. The predicted octanol–water partition coefficient (Wildman–Crippen LogP) is 0.890. The van der Waals surface area contributed by atoms with E-state index in [0.717, 1.165) is 5.41 Å². The Labute approximate surface area is 67.2 Å². The zero-order valence-electron chi connectivity index (χ0n) is 6.49. The summed E-state index contributed by atoms with van der Waals surface area (Å²) in [6.45, 7) is 3.14. The van der Waals surface area contributed by atoms with E-state index in [1.807, 2.05) is 0 Å². The van der Waals surface area contributed by atoms with Crippen LogP contribution in [-0.4, -0.2) is 15.0 Å². The summed E-state index contributed by atoms with van der Waals surface area (Å²) in [6, 6.07) is 0. The zero-order chi connectivity index (χ0) is 8.74. The highest BCUT2D eigenvalue weighted by molar-refractivity contribution is 7.89. The average Bonchev–Trinajstić information content (AvgIpc) is 1.87. The first-order valence-electron chi connectivity index (χ1n) is 3.04. The van der Waals surface area contributed by atoms with E-state index < -0.39 is 10.1 Å². The van der Waals surface area contributed by atoms with Crippen LogP contribution in [-0.2, 0) is 14.3 Å². The van der Waals surface area contributed by atoms with Crippen LogP contribution in [0.25, 0.3) is 0 Å². The molecule has 0 bridgehead atoms. The zero-order valence-corrected chi connectivity index (χ0v) is 7.31. The number of allylic oxidation sites excluding steroid dienone is 1. The fourth-order valence-corrected chi connectivity index (χ4v) is 1.02. The minimum Gasteiger partial charge on any atom is -0.254 e. The lowest BCUT2D eigenvalue weighted by molar-refractivity contribution is 0.370. The van der Waals surface area contributed by atoms with Gasteiger partial charge in [0.1, 0.15) is 6.61 Å². The van der Waals surface area contributed by atoms with E-state index in [2.05, 4.69) is 16.0 Å². The number of rotatable bonds is 3. The first-order chi connectivity index (χ1) is 5.12. The van der Waals surface area contributed by atoms with Crippen LogP contribution in [0.1, 0.15) is 13.8 Å². The fourth-order valence-electron chi connectivity index (χ4n) is 0.390. The van der Waals surface area contributed by atoms with Crippen molar-refractivity contribution in [1.29, 1.82) is 0 Å². The minimum absolute atomic E-state index is 0.0802. The molecule has 0 saturated carbocycles. The van der Waals surface area contributed by atoms with Gasteiger partial charge in [-0.1, -0.05) is 12.0 Å². The Kier molecular flexibility index (Phi) is 4.59. The molecule has 0 spiro atoms. The standard InChI is InChI=1S/C7H10O3S/c1-3-5-6-10-11(8,9)7-4-2/h4,7H,6H2,1-2H3. The Morgan fingerprint density at radius 2 is 2.18 bits per heavy atom. The van der Waals surface area contributed by atoms with E-state index in [1.165, 1.54) is 6.08 Å². The molecule has 0 radical (unpaired) electrons. The Balaban J connectivity index is 4.01. The van der Waals surface area contributed by atoms with Gasteiger partial charge in [-0.15, -0.1) is 5.92 Å². The highest BCUT2D eigenvalue weighted by atomic mass is 32.2. The molecular formula is C7H10O3S. The van der Waals surface area contributed by atoms with E-state index in [1.54, 1.807) is 13.8 Å². The summed E-state index contributed by atoms with van der Waals surface area (Å²) in [5.41, 5.74) is 0. The van der Waals surface area contributed by atoms with Gasteiger partial charge in [0.25, 0.3) is 10.1 Å². The predicted molar refractivity (Wildman–Crippen MR) is 43.1 cm³/mol. The largest absolute Gasteiger partial charge is 0.290 e. The van der Waals surface area contributed by atoms with Gasteiger partial charge in [0, 0.05) is 0 Å². The van der Waals surface area contributed by atoms with Gasteiger partial charge in [-0.25, -0.2) is 0 Å². The summed E-state index contributed by atoms with van der Waals surface area (Å²) in [5, 5.41) is 0.990. The van der Waals surface area contributed by atoms with Gasteiger partial charge in [0.15, 0.2) is 0 Å². The summed E-state index contributed by atoms with van der Waals surface area (Å²) >= 11 is 0. The summed E-state index contributed by atoms with van der Waals surface area (Å²) < 4.78 is 25.9. The lowest BCUT2D eigenvalue weighted by Crippen LogP contribution is -2.01. The molecule has 3 nitrogen and oxygen atoms in total. The van der Waals surface area contributed by atoms with Crippen LogP contribution in [0.3, 0.4) is 0 Å². The van der Waals surface area contributed by atoms with Crippen LogP contribution in [0.5, 0.6) is 0 Å². The van der Waals surface area contributed by atoms with Crippen LogP contribution in [0.4, 0.5) is 0 Å². The van der Waals surface area contributed by atoms with Crippen molar-refractivity contribution in [1.82, 2.24) is 0 Å². The molecule has 0 aromatic heterocycles. The fraction of sp³-hybridized carbons (Fsp3) is 0.429. The van der Waals surface area contributed by atoms with Crippen LogP contribution >= 0.6 is 0 Å². The highest BCUT2D eigenvalue weighted by Crippen LogP contribution is 1.93. The van der Waals surface area contributed by atoms with Crippen molar-refractivity contribution in [2.75, 3.05) is 6.61 Å². The molecule has 0 amide bonds. The van der Waals surface area contributed by atoms with E-state index in [-0.39, 0.29) is 6.61 Å². The maximum absolute atomic E-state index is 10.7. The molecule has 0 rings (SSSR count). The van der Waals surface area contributed by atoms with Crippen molar-refractivity contribution in [3.63, 3.8) is 0 Å². The van der Waals surface area contributed by atoms with Gasteiger partial charge >= 0.3 is 0 Å². The average molecular weight is 174 g/mol. The van der Waals surface area contributed by atoms with Crippen molar-refractivity contribution < 1.29 is 12.6 Å². The molecule has 0 aliphatic heterocycles. The highest BCUT2D eigenvalue weighted by Gasteiger charge is 2.01. The molecule has 0 aromatic rings. The van der Waals surface area contributed by atoms with Crippen molar-refractivity contribution in [3.8, 4) is 11.8 Å². The van der Waals surface area contributed by atoms with E-state index >= 15 is 0 Å². The van der Waals surface area contributed by atoms with Gasteiger partial charge in [0.2, 0.25) is 0 Å². The number of hydrogen-bond donors (Lipinski definition) is 0. The Morgan fingerprint density at radius 3 is 2.64 bits per heavy atom. The van der Waals surface area contributed by atoms with Gasteiger partial charge in [-0.05, 0) is 13.8 Å². The van der Waals surface area contributed by atoms with Crippen LogP contribution in [0.2, 0.25) is 0 Å². The maximum Gasteiger partial charge on any atom is 0.290 e. The molecule has 0 heterocycles. The molecule has 11 heavy (non-hydrogen) atoms. The normalized spacial score (nSPS) is 11.1. The second kappa shape index (κ2) is 4.94. The molecule has 0 aliphatic rings. The van der Waals surface area contributed by atoms with E-state index in [0.29, 0.717) is 0 Å². The minimum atomic E-state index is -3.49. The Bertz CT molecular complexity index is 277. The first-order valence-corrected chi connectivity index (χ1v) is 4.51. The van der Waals surface area contributed by atoms with Crippen molar-refractivity contribution in [2.45, 2.75) is 13.8 Å². The third-order valence-corrected chi connectivity index (χ3v) is 1.83. The third kappa shape index (κ3) is 5.64. The SMILES string of the molecule is CC#CCOS(=O)(=O)C=CC. The monoisotopic (exact) mass is 174 g/mol. The molecule has 4 heteroatoms. The van der Waals surface area contributed by atoms with Crippen molar-refractivity contribution in [3.05, 3.63) is 11.5 Å². The molecule has 0 atom stereocenters. The van der Waals surface area contributed by atoms with Crippen molar-refractivity contribution in [2.24, 2.45) is 0 Å². The second-order valence-corrected chi connectivity index (χ2v) is 3.14. The van der Waals surface area contributed by atoms with E-state index in [4.69, 9.17) is 0 Å². The second-order valence-electron chi connectivity index (χ2n) is 1.65.